The van der Waals surface area contributed by atoms with Crippen LogP contribution in [-0.4, -0.2) is 22.7 Å². The molecule has 2 N–H and O–H groups in total. The zero-order chi connectivity index (χ0) is 33.1. The lowest BCUT2D eigenvalue weighted by atomic mass is 10.1. The Hall–Kier alpha value is -4.64. The maximum absolute atomic E-state index is 13.8. The number of aryl methyl sites for hydroxylation is 3. The highest BCUT2D eigenvalue weighted by Gasteiger charge is 2.27. The van der Waals surface area contributed by atoms with Crippen molar-refractivity contribution in [1.82, 2.24) is 0 Å². The number of rotatable bonds is 10. The van der Waals surface area contributed by atoms with Gasteiger partial charge in [-0.3, -0.25) is 13.8 Å². The molecule has 0 saturated carbocycles. The van der Waals surface area contributed by atoms with Gasteiger partial charge in [0, 0.05) is 16.3 Å². The number of benzene rings is 5. The number of amides is 1. The van der Waals surface area contributed by atoms with Gasteiger partial charge >= 0.3 is 0 Å². The fraction of sp³-hybridized carbons (Fsp3) is 0.114. The monoisotopic (exact) mass is 673 g/mol. The molecule has 0 spiro atoms. The van der Waals surface area contributed by atoms with Gasteiger partial charge in [-0.05, 0) is 104 Å². The van der Waals surface area contributed by atoms with E-state index in [9.17, 15) is 21.6 Å². The summed E-state index contributed by atoms with van der Waals surface area (Å²) in [5.74, 6) is -0.407. The van der Waals surface area contributed by atoms with E-state index in [1.807, 2.05) is 32.9 Å². The van der Waals surface area contributed by atoms with Gasteiger partial charge in [0.15, 0.2) is 0 Å². The summed E-state index contributed by atoms with van der Waals surface area (Å²) in [6, 6.07) is 31.2. The molecule has 5 aromatic rings. The second-order valence-electron chi connectivity index (χ2n) is 10.9. The Bertz CT molecular complexity index is 2100. The van der Waals surface area contributed by atoms with E-state index in [1.54, 1.807) is 78.9 Å². The number of hydrogen-bond donors (Lipinski definition) is 2. The maximum atomic E-state index is 13.8. The van der Waals surface area contributed by atoms with E-state index in [0.717, 1.165) is 16.7 Å². The van der Waals surface area contributed by atoms with E-state index in [-0.39, 0.29) is 16.3 Å². The second-order valence-corrected chi connectivity index (χ2v) is 14.8. The van der Waals surface area contributed by atoms with Crippen molar-refractivity contribution in [3.05, 3.63) is 148 Å². The molecule has 46 heavy (non-hydrogen) atoms. The van der Waals surface area contributed by atoms with Gasteiger partial charge in [-0.15, -0.1) is 0 Å². The molecule has 0 atom stereocenters. The zero-order valence-corrected chi connectivity index (χ0v) is 27.7. The largest absolute Gasteiger partial charge is 0.322 e. The summed E-state index contributed by atoms with van der Waals surface area (Å²) in [5, 5.41) is 3.18. The zero-order valence-electron chi connectivity index (χ0n) is 25.4. The molecule has 0 radical (unpaired) electrons. The molecule has 8 nitrogen and oxygen atoms in total. The lowest BCUT2D eigenvalue weighted by Gasteiger charge is -2.26. The van der Waals surface area contributed by atoms with Crippen LogP contribution in [0.3, 0.4) is 0 Å². The third kappa shape index (κ3) is 7.42. The standard InChI is InChI=1S/C35H32ClN3O5S2/c1-24-9-20-33(26(3)21-24)38-45(41,42)31-18-16-30(17-19-31)37-35(40)28-13-11-27(12-14-28)23-39(34-22-29(36)15-10-25(34)2)46(43,44)32-7-5-4-6-8-32/h4-22,38H,23H2,1-3H3,(H,37,40). The molecule has 0 aliphatic heterocycles. The molecule has 236 valence electrons. The molecule has 0 bridgehead atoms. The number of anilines is 3. The molecular weight excluding hydrogens is 642 g/mol. The third-order valence-corrected chi connectivity index (χ3v) is 10.8. The maximum Gasteiger partial charge on any atom is 0.264 e. The molecule has 0 unspecified atom stereocenters. The van der Waals surface area contributed by atoms with Crippen LogP contribution in [0.25, 0.3) is 0 Å². The van der Waals surface area contributed by atoms with Gasteiger partial charge in [0.1, 0.15) is 0 Å². The molecule has 5 rings (SSSR count). The Balaban J connectivity index is 1.31. The number of carbonyl (C=O) groups is 1. The van der Waals surface area contributed by atoms with Crippen LogP contribution in [0.5, 0.6) is 0 Å². The van der Waals surface area contributed by atoms with Gasteiger partial charge in [0.2, 0.25) is 0 Å². The highest BCUT2D eigenvalue weighted by molar-refractivity contribution is 7.93. The van der Waals surface area contributed by atoms with Gasteiger partial charge in [0.05, 0.1) is 27.7 Å². The first-order valence-corrected chi connectivity index (χ1v) is 17.6. The van der Waals surface area contributed by atoms with Gasteiger partial charge in [-0.2, -0.15) is 0 Å². The lowest BCUT2D eigenvalue weighted by Crippen LogP contribution is -2.31. The Labute approximate surface area is 274 Å². The van der Waals surface area contributed by atoms with Crippen LogP contribution < -0.4 is 14.3 Å². The second kappa shape index (κ2) is 13.4. The van der Waals surface area contributed by atoms with Gasteiger partial charge in [0.25, 0.3) is 26.0 Å². The fourth-order valence-corrected chi connectivity index (χ4v) is 7.68. The van der Waals surface area contributed by atoms with Crippen LogP contribution in [0.2, 0.25) is 5.02 Å². The molecule has 0 fully saturated rings. The summed E-state index contributed by atoms with van der Waals surface area (Å²) in [6.45, 7) is 5.59. The predicted molar refractivity (Wildman–Crippen MR) is 184 cm³/mol. The predicted octanol–water partition coefficient (Wildman–Crippen LogP) is 7.71. The number of halogens is 1. The molecular formula is C35H32ClN3O5S2. The molecule has 0 aromatic heterocycles. The lowest BCUT2D eigenvalue weighted by molar-refractivity contribution is 0.102. The van der Waals surface area contributed by atoms with Crippen LogP contribution in [0.4, 0.5) is 17.1 Å². The molecule has 0 heterocycles. The number of sulfonamides is 2. The minimum Gasteiger partial charge on any atom is -0.322 e. The smallest absolute Gasteiger partial charge is 0.264 e. The normalized spacial score (nSPS) is 11.6. The Morgan fingerprint density at radius 2 is 1.39 bits per heavy atom. The molecule has 5 aromatic carbocycles. The van der Waals surface area contributed by atoms with Crippen molar-refractivity contribution in [3.8, 4) is 0 Å². The first-order chi connectivity index (χ1) is 21.8. The van der Waals surface area contributed by atoms with E-state index in [4.69, 9.17) is 11.6 Å². The van der Waals surface area contributed by atoms with Gasteiger partial charge < -0.3 is 5.32 Å². The summed E-state index contributed by atoms with van der Waals surface area (Å²) < 4.78 is 57.3. The molecule has 0 aliphatic carbocycles. The average Bonchev–Trinajstić information content (AvgIpc) is 3.03. The van der Waals surface area contributed by atoms with E-state index in [1.165, 1.54) is 28.6 Å². The summed E-state index contributed by atoms with van der Waals surface area (Å²) >= 11 is 6.26. The number of nitrogens with one attached hydrogen (secondary N) is 2. The van der Waals surface area contributed by atoms with Gasteiger partial charge in [-0.25, -0.2) is 16.8 Å². The molecule has 1 amide bonds. The first kappa shape index (κ1) is 32.7. The van der Waals surface area contributed by atoms with Crippen molar-refractivity contribution in [2.75, 3.05) is 14.3 Å². The SMILES string of the molecule is Cc1ccc(NS(=O)(=O)c2ccc(NC(=O)c3ccc(CN(c4cc(Cl)ccc4C)S(=O)(=O)c4ccccc4)cc3)cc2)c(C)c1. The quantitative estimate of drug-likeness (QED) is 0.158. The highest BCUT2D eigenvalue weighted by atomic mass is 35.5. The van der Waals surface area contributed by atoms with E-state index in [0.29, 0.717) is 33.2 Å². The fourth-order valence-electron chi connectivity index (χ4n) is 4.85. The summed E-state index contributed by atoms with van der Waals surface area (Å²) in [4.78, 5) is 13.2. The number of carbonyl (C=O) groups excluding carboxylic acids is 1. The van der Waals surface area contributed by atoms with Crippen molar-refractivity contribution in [2.45, 2.75) is 37.1 Å². The van der Waals surface area contributed by atoms with Crippen LogP contribution in [-0.2, 0) is 26.6 Å². The van der Waals surface area contributed by atoms with Gasteiger partial charge in [-0.1, -0.05) is 65.7 Å². The van der Waals surface area contributed by atoms with E-state index >= 15 is 0 Å². The van der Waals surface area contributed by atoms with E-state index < -0.39 is 26.0 Å². The Morgan fingerprint density at radius 3 is 2.04 bits per heavy atom. The van der Waals surface area contributed by atoms with E-state index in [2.05, 4.69) is 10.0 Å². The van der Waals surface area contributed by atoms with Crippen molar-refractivity contribution in [1.29, 1.82) is 0 Å². The number of nitrogens with zero attached hydrogens (tertiary/aromatic N) is 1. The topological polar surface area (TPSA) is 113 Å². The van der Waals surface area contributed by atoms with Crippen LogP contribution in [0.15, 0.2) is 125 Å². The third-order valence-electron chi connectivity index (χ3n) is 7.36. The minimum absolute atomic E-state index is 0.00634. The van der Waals surface area contributed by atoms with Crippen LogP contribution >= 0.6 is 11.6 Å². The number of hydrogen-bond acceptors (Lipinski definition) is 5. The van der Waals surface area contributed by atoms with Crippen molar-refractivity contribution in [2.24, 2.45) is 0 Å². The Morgan fingerprint density at radius 1 is 0.717 bits per heavy atom. The average molecular weight is 674 g/mol. The van der Waals surface area contributed by atoms with Crippen LogP contribution in [0, 0.1) is 20.8 Å². The van der Waals surface area contributed by atoms with Crippen molar-refractivity contribution >= 4 is 54.6 Å². The summed E-state index contributed by atoms with van der Waals surface area (Å²) in [5.41, 5.74) is 4.93. The van der Waals surface area contributed by atoms with Crippen molar-refractivity contribution in [3.63, 3.8) is 0 Å². The summed E-state index contributed by atoms with van der Waals surface area (Å²) in [7, 11) is -7.78. The molecule has 11 heteroatoms. The first-order valence-electron chi connectivity index (χ1n) is 14.3. The highest BCUT2D eigenvalue weighted by Crippen LogP contribution is 2.31. The summed E-state index contributed by atoms with van der Waals surface area (Å²) in [6.07, 6.45) is 0. The van der Waals surface area contributed by atoms with Crippen molar-refractivity contribution < 1.29 is 21.6 Å². The molecule has 0 saturated heterocycles. The minimum atomic E-state index is -3.95. The molecule has 0 aliphatic rings. The van der Waals surface area contributed by atoms with Crippen LogP contribution in [0.1, 0.15) is 32.6 Å². The Kier molecular flexibility index (Phi) is 9.52.